The Morgan fingerprint density at radius 2 is 1.94 bits per heavy atom. The Morgan fingerprint density at radius 3 is 2.55 bits per heavy atom. The highest BCUT2D eigenvalue weighted by Gasteiger charge is 2.33. The number of rotatable bonds is 4. The number of hydrogen-bond acceptors (Lipinski definition) is 6. The zero-order chi connectivity index (χ0) is 22.3. The standard InChI is InChI=1S/C22H18BrClN2O3S2/c1-11(2)29-21(28)18-12(3)25-22-26(19(18)13-4-6-14(24)7-5-13)20(27)16(31-22)10-15-8-9-17(23)30-15/h4-11,19H,1-3H3/b16-10+/t19-/m1/s1. The molecule has 9 heteroatoms. The number of aromatic nitrogens is 1. The predicted octanol–water partition coefficient (Wildman–Crippen LogP) is 4.66. The first kappa shape index (κ1) is 22.2. The second-order valence-electron chi connectivity index (χ2n) is 7.23. The van der Waals surface area contributed by atoms with Crippen molar-refractivity contribution in [1.29, 1.82) is 0 Å². The molecule has 0 saturated heterocycles. The molecule has 1 aromatic carbocycles. The maximum absolute atomic E-state index is 13.4. The summed E-state index contributed by atoms with van der Waals surface area (Å²) in [4.78, 5) is 32.5. The van der Waals surface area contributed by atoms with E-state index in [1.165, 1.54) is 22.7 Å². The normalized spacial score (nSPS) is 16.5. The summed E-state index contributed by atoms with van der Waals surface area (Å²) in [5.41, 5.74) is 1.46. The fraction of sp³-hybridized carbons (Fsp3) is 0.227. The Morgan fingerprint density at radius 1 is 1.23 bits per heavy atom. The van der Waals surface area contributed by atoms with Gasteiger partial charge in [-0.1, -0.05) is 35.1 Å². The van der Waals surface area contributed by atoms with Gasteiger partial charge in [-0.25, -0.2) is 9.79 Å². The lowest BCUT2D eigenvalue weighted by Gasteiger charge is -2.25. The maximum Gasteiger partial charge on any atom is 0.338 e. The van der Waals surface area contributed by atoms with Gasteiger partial charge in [0.15, 0.2) is 4.80 Å². The summed E-state index contributed by atoms with van der Waals surface area (Å²) in [7, 11) is 0. The van der Waals surface area contributed by atoms with Crippen LogP contribution in [0.25, 0.3) is 6.08 Å². The number of fused-ring (bicyclic) bond motifs is 1. The van der Waals surface area contributed by atoms with Gasteiger partial charge in [0, 0.05) is 9.90 Å². The van der Waals surface area contributed by atoms with E-state index in [1.807, 2.05) is 30.3 Å². The van der Waals surface area contributed by atoms with Gasteiger partial charge in [0.2, 0.25) is 0 Å². The molecule has 1 atom stereocenters. The van der Waals surface area contributed by atoms with Crippen molar-refractivity contribution in [2.75, 3.05) is 0 Å². The number of thiazole rings is 1. The summed E-state index contributed by atoms with van der Waals surface area (Å²) in [6.07, 6.45) is 1.56. The molecule has 3 heterocycles. The van der Waals surface area contributed by atoms with Gasteiger partial charge in [-0.2, -0.15) is 0 Å². The quantitative estimate of drug-likeness (QED) is 0.455. The smallest absolute Gasteiger partial charge is 0.338 e. The van der Waals surface area contributed by atoms with Crippen LogP contribution in [0.2, 0.25) is 5.02 Å². The minimum atomic E-state index is -0.642. The lowest BCUT2D eigenvalue weighted by molar-refractivity contribution is -0.143. The number of carbonyl (C=O) groups excluding carboxylic acids is 1. The third kappa shape index (κ3) is 4.48. The Kier molecular flexibility index (Phi) is 6.35. The van der Waals surface area contributed by atoms with Gasteiger partial charge >= 0.3 is 5.97 Å². The SMILES string of the molecule is CC1=C(C(=O)OC(C)C)[C@@H](c2ccc(Cl)cc2)n2c(s/c(=C/c3ccc(Br)s3)c2=O)=N1. The van der Waals surface area contributed by atoms with Crippen LogP contribution in [0.4, 0.5) is 0 Å². The zero-order valence-electron chi connectivity index (χ0n) is 16.9. The molecule has 0 bridgehead atoms. The van der Waals surface area contributed by atoms with E-state index in [2.05, 4.69) is 20.9 Å². The number of benzene rings is 1. The van der Waals surface area contributed by atoms with E-state index in [-0.39, 0.29) is 11.7 Å². The summed E-state index contributed by atoms with van der Waals surface area (Å²) in [5.74, 6) is -0.479. The van der Waals surface area contributed by atoms with Crippen molar-refractivity contribution in [2.45, 2.75) is 32.9 Å². The van der Waals surface area contributed by atoms with Crippen molar-refractivity contribution in [1.82, 2.24) is 4.57 Å². The molecule has 3 aromatic rings. The number of thiophene rings is 1. The van der Waals surface area contributed by atoms with Crippen molar-refractivity contribution in [2.24, 2.45) is 4.99 Å². The van der Waals surface area contributed by atoms with Gasteiger partial charge in [-0.3, -0.25) is 9.36 Å². The van der Waals surface area contributed by atoms with Crippen LogP contribution in [0, 0.1) is 0 Å². The summed E-state index contributed by atoms with van der Waals surface area (Å²) < 4.78 is 8.61. The summed E-state index contributed by atoms with van der Waals surface area (Å²) in [6.45, 7) is 5.35. The van der Waals surface area contributed by atoms with Crippen LogP contribution in [-0.2, 0) is 9.53 Å². The molecule has 1 aliphatic heterocycles. The number of hydrogen-bond donors (Lipinski definition) is 0. The topological polar surface area (TPSA) is 60.7 Å². The summed E-state index contributed by atoms with van der Waals surface area (Å²) >= 11 is 12.4. The van der Waals surface area contributed by atoms with Crippen molar-refractivity contribution in [3.63, 3.8) is 0 Å². The molecule has 5 nitrogen and oxygen atoms in total. The van der Waals surface area contributed by atoms with Crippen LogP contribution in [0.1, 0.15) is 37.3 Å². The molecule has 0 amide bonds. The van der Waals surface area contributed by atoms with Crippen LogP contribution in [0.5, 0.6) is 0 Å². The highest BCUT2D eigenvalue weighted by Crippen LogP contribution is 2.31. The van der Waals surface area contributed by atoms with Gasteiger partial charge in [0.1, 0.15) is 0 Å². The lowest BCUT2D eigenvalue weighted by Crippen LogP contribution is -2.40. The van der Waals surface area contributed by atoms with Crippen LogP contribution in [-0.4, -0.2) is 16.6 Å². The first-order chi connectivity index (χ1) is 14.7. The molecular formula is C22H18BrClN2O3S2. The monoisotopic (exact) mass is 536 g/mol. The van der Waals surface area contributed by atoms with E-state index >= 15 is 0 Å². The molecule has 160 valence electrons. The molecule has 0 N–H and O–H groups in total. The molecule has 2 aromatic heterocycles. The fourth-order valence-electron chi connectivity index (χ4n) is 3.36. The third-order valence-electron chi connectivity index (χ3n) is 4.64. The van der Waals surface area contributed by atoms with Crippen LogP contribution < -0.4 is 14.9 Å². The van der Waals surface area contributed by atoms with Gasteiger partial charge in [-0.15, -0.1) is 11.3 Å². The number of halogens is 2. The van der Waals surface area contributed by atoms with E-state index in [0.29, 0.717) is 25.6 Å². The highest BCUT2D eigenvalue weighted by atomic mass is 79.9. The average Bonchev–Trinajstić information content (AvgIpc) is 3.24. The molecular weight excluding hydrogens is 520 g/mol. The second-order valence-corrected chi connectivity index (χ2v) is 11.2. The molecule has 1 aliphatic rings. The zero-order valence-corrected chi connectivity index (χ0v) is 20.9. The van der Waals surface area contributed by atoms with Gasteiger partial charge in [0.25, 0.3) is 5.56 Å². The van der Waals surface area contributed by atoms with Crippen molar-refractivity contribution in [3.05, 3.63) is 86.6 Å². The van der Waals surface area contributed by atoms with Gasteiger partial charge in [0.05, 0.1) is 31.7 Å². The molecule has 0 fully saturated rings. The third-order valence-corrected chi connectivity index (χ3v) is 7.44. The number of carbonyl (C=O) groups is 1. The molecule has 4 rings (SSSR count). The van der Waals surface area contributed by atoms with E-state index < -0.39 is 12.0 Å². The van der Waals surface area contributed by atoms with Crippen LogP contribution in [0.15, 0.2) is 61.2 Å². The van der Waals surface area contributed by atoms with E-state index in [9.17, 15) is 9.59 Å². The van der Waals surface area contributed by atoms with E-state index in [1.54, 1.807) is 37.5 Å². The molecule has 0 radical (unpaired) electrons. The summed E-state index contributed by atoms with van der Waals surface area (Å²) in [5, 5.41) is 0.575. The molecule has 31 heavy (non-hydrogen) atoms. The number of allylic oxidation sites excluding steroid dienone is 1. The highest BCUT2D eigenvalue weighted by molar-refractivity contribution is 9.11. The fourth-order valence-corrected chi connectivity index (χ4v) is 5.96. The van der Waals surface area contributed by atoms with Crippen molar-refractivity contribution in [3.8, 4) is 0 Å². The lowest BCUT2D eigenvalue weighted by atomic mass is 9.96. The first-order valence-electron chi connectivity index (χ1n) is 9.49. The Labute approximate surface area is 200 Å². The van der Waals surface area contributed by atoms with Crippen molar-refractivity contribution < 1.29 is 9.53 Å². The predicted molar refractivity (Wildman–Crippen MR) is 128 cm³/mol. The first-order valence-corrected chi connectivity index (χ1v) is 12.3. The number of nitrogens with zero attached hydrogens (tertiary/aromatic N) is 2. The average molecular weight is 538 g/mol. The molecule has 0 saturated carbocycles. The summed E-state index contributed by atoms with van der Waals surface area (Å²) in [6, 6.07) is 10.4. The second kappa shape index (κ2) is 8.86. The Balaban J connectivity index is 1.95. The minimum Gasteiger partial charge on any atom is -0.459 e. The van der Waals surface area contributed by atoms with E-state index in [0.717, 1.165) is 14.2 Å². The molecule has 0 spiro atoms. The Bertz CT molecular complexity index is 1370. The van der Waals surface area contributed by atoms with Gasteiger partial charge in [-0.05, 0) is 72.6 Å². The Hall–Kier alpha value is -2.00. The minimum absolute atomic E-state index is 0.199. The van der Waals surface area contributed by atoms with Crippen molar-refractivity contribution >= 4 is 62.2 Å². The largest absolute Gasteiger partial charge is 0.459 e. The van der Waals surface area contributed by atoms with E-state index in [4.69, 9.17) is 16.3 Å². The number of ether oxygens (including phenoxy) is 1. The molecule has 0 unspecified atom stereocenters. The van der Waals surface area contributed by atoms with Gasteiger partial charge < -0.3 is 4.74 Å². The maximum atomic E-state index is 13.4. The molecule has 0 aliphatic carbocycles. The van der Waals surface area contributed by atoms with Crippen LogP contribution in [0.3, 0.4) is 0 Å². The van der Waals surface area contributed by atoms with Crippen LogP contribution >= 0.6 is 50.2 Å². The number of esters is 1.